The van der Waals surface area contributed by atoms with Crippen LogP contribution in [0.25, 0.3) is 0 Å². The standard InChI is InChI=1S/C18H18N2O7S/c1-18(19,9-11-6-7-13(21)14(22)8-11)17(24)27-10-20-16(23)12-4-2-3-5-15(12)28(20,25)26/h2-8,21-22H,9-10,19H2,1H3. The Bertz CT molecular complexity index is 1060. The number of benzene rings is 2. The van der Waals surface area contributed by atoms with Crippen molar-refractivity contribution < 1.29 is 33.0 Å². The summed E-state index contributed by atoms with van der Waals surface area (Å²) in [5.41, 5.74) is 4.87. The summed E-state index contributed by atoms with van der Waals surface area (Å²) in [6, 6.07) is 9.67. The van der Waals surface area contributed by atoms with Crippen LogP contribution in [-0.2, 0) is 26.0 Å². The summed E-state index contributed by atoms with van der Waals surface area (Å²) in [6.45, 7) is 0.566. The molecule has 9 nitrogen and oxygen atoms in total. The van der Waals surface area contributed by atoms with Crippen LogP contribution in [0.5, 0.6) is 11.5 Å². The number of nitrogens with two attached hydrogens (primary N) is 1. The molecule has 1 atom stereocenters. The topological polar surface area (TPSA) is 147 Å². The molecule has 2 aromatic rings. The van der Waals surface area contributed by atoms with Crippen molar-refractivity contribution in [3.05, 3.63) is 53.6 Å². The van der Waals surface area contributed by atoms with E-state index in [2.05, 4.69) is 0 Å². The quantitative estimate of drug-likeness (QED) is 0.486. The second-order valence-corrected chi connectivity index (χ2v) is 8.46. The number of rotatable bonds is 5. The largest absolute Gasteiger partial charge is 0.504 e. The lowest BCUT2D eigenvalue weighted by molar-refractivity contribution is -0.151. The zero-order valence-corrected chi connectivity index (χ0v) is 15.6. The molecule has 1 heterocycles. The SMILES string of the molecule is CC(N)(Cc1ccc(O)c(O)c1)C(=O)OCN1C(=O)c2ccccc2S1(=O)=O. The maximum Gasteiger partial charge on any atom is 0.327 e. The van der Waals surface area contributed by atoms with Crippen LogP contribution < -0.4 is 5.73 Å². The molecule has 4 N–H and O–H groups in total. The van der Waals surface area contributed by atoms with Gasteiger partial charge in [-0.2, -0.15) is 4.31 Å². The Morgan fingerprint density at radius 3 is 2.50 bits per heavy atom. The molecule has 0 saturated carbocycles. The Labute approximate surface area is 161 Å². The Kier molecular flexibility index (Phi) is 4.77. The fourth-order valence-corrected chi connectivity index (χ4v) is 4.25. The lowest BCUT2D eigenvalue weighted by Crippen LogP contribution is -2.49. The third kappa shape index (κ3) is 3.39. The third-order valence-corrected chi connectivity index (χ3v) is 6.07. The van der Waals surface area contributed by atoms with Crippen molar-refractivity contribution in [2.75, 3.05) is 6.73 Å². The van der Waals surface area contributed by atoms with Crippen LogP contribution in [0, 0.1) is 0 Å². The second kappa shape index (κ2) is 6.80. The van der Waals surface area contributed by atoms with Gasteiger partial charge in [0.05, 0.1) is 5.56 Å². The zero-order valence-electron chi connectivity index (χ0n) is 14.8. The molecule has 0 aromatic heterocycles. The highest BCUT2D eigenvalue weighted by Gasteiger charge is 2.42. The lowest BCUT2D eigenvalue weighted by atomic mass is 9.94. The van der Waals surface area contributed by atoms with Gasteiger partial charge >= 0.3 is 5.97 Å². The number of fused-ring (bicyclic) bond motifs is 1. The van der Waals surface area contributed by atoms with Crippen molar-refractivity contribution in [2.24, 2.45) is 5.73 Å². The normalized spacial score (nSPS) is 17.1. The van der Waals surface area contributed by atoms with E-state index in [1.165, 1.54) is 49.4 Å². The summed E-state index contributed by atoms with van der Waals surface area (Å²) in [6.07, 6.45) is -0.0550. The maximum atomic E-state index is 12.4. The molecule has 0 aliphatic carbocycles. The number of amides is 1. The molecule has 0 spiro atoms. The Balaban J connectivity index is 1.71. The molecule has 1 amide bonds. The number of hydrogen-bond donors (Lipinski definition) is 3. The van der Waals surface area contributed by atoms with E-state index in [0.717, 1.165) is 0 Å². The van der Waals surface area contributed by atoms with Gasteiger partial charge in [-0.15, -0.1) is 0 Å². The number of carbonyl (C=O) groups is 2. The van der Waals surface area contributed by atoms with Crippen molar-refractivity contribution in [1.29, 1.82) is 0 Å². The minimum absolute atomic E-state index is 0.00799. The molecule has 28 heavy (non-hydrogen) atoms. The van der Waals surface area contributed by atoms with Crippen molar-refractivity contribution in [1.82, 2.24) is 4.31 Å². The molecule has 1 unspecified atom stereocenters. The molecule has 148 valence electrons. The number of esters is 1. The van der Waals surface area contributed by atoms with Crippen LogP contribution in [0.1, 0.15) is 22.8 Å². The fourth-order valence-electron chi connectivity index (χ4n) is 2.82. The van der Waals surface area contributed by atoms with Gasteiger partial charge in [0, 0.05) is 6.42 Å². The van der Waals surface area contributed by atoms with E-state index in [4.69, 9.17) is 10.5 Å². The van der Waals surface area contributed by atoms with E-state index < -0.39 is 34.2 Å². The fraction of sp³-hybridized carbons (Fsp3) is 0.222. The van der Waals surface area contributed by atoms with E-state index in [9.17, 15) is 28.2 Å². The number of nitrogens with zero attached hydrogens (tertiary/aromatic N) is 1. The average molecular weight is 406 g/mol. The first-order valence-electron chi connectivity index (χ1n) is 8.17. The molecule has 3 rings (SSSR count). The number of phenolic OH excluding ortho intramolecular Hbond substituents is 2. The molecule has 0 bridgehead atoms. The van der Waals surface area contributed by atoms with Gasteiger partial charge in [-0.25, -0.2) is 13.2 Å². The highest BCUT2D eigenvalue weighted by atomic mass is 32.2. The van der Waals surface area contributed by atoms with Crippen LogP contribution in [0.4, 0.5) is 0 Å². The first-order valence-corrected chi connectivity index (χ1v) is 9.61. The van der Waals surface area contributed by atoms with Gasteiger partial charge in [0.15, 0.2) is 18.2 Å². The molecule has 10 heteroatoms. The third-order valence-electron chi connectivity index (χ3n) is 4.30. The van der Waals surface area contributed by atoms with E-state index in [0.29, 0.717) is 9.87 Å². The monoisotopic (exact) mass is 406 g/mol. The van der Waals surface area contributed by atoms with Gasteiger partial charge in [0.1, 0.15) is 10.4 Å². The van der Waals surface area contributed by atoms with Crippen molar-refractivity contribution in [3.63, 3.8) is 0 Å². The van der Waals surface area contributed by atoms with Crippen LogP contribution in [0.2, 0.25) is 0 Å². The maximum absolute atomic E-state index is 12.4. The predicted octanol–water partition coefficient (Wildman–Crippen LogP) is 0.703. The average Bonchev–Trinajstić information content (AvgIpc) is 2.82. The first-order chi connectivity index (χ1) is 13.0. The van der Waals surface area contributed by atoms with E-state index in [1.807, 2.05) is 0 Å². The smallest absolute Gasteiger partial charge is 0.327 e. The summed E-state index contributed by atoms with van der Waals surface area (Å²) in [7, 11) is -4.10. The molecule has 0 radical (unpaired) electrons. The number of aromatic hydroxyl groups is 2. The molecular weight excluding hydrogens is 388 g/mol. The van der Waals surface area contributed by atoms with Crippen LogP contribution in [-0.4, -0.2) is 47.1 Å². The number of carbonyl (C=O) groups excluding carboxylic acids is 2. The first kappa shape index (κ1) is 19.6. The van der Waals surface area contributed by atoms with Crippen molar-refractivity contribution in [2.45, 2.75) is 23.8 Å². The molecule has 0 fully saturated rings. The molecule has 0 saturated heterocycles. The van der Waals surface area contributed by atoms with Gasteiger partial charge in [0.2, 0.25) is 0 Å². The highest BCUT2D eigenvalue weighted by Crippen LogP contribution is 2.30. The van der Waals surface area contributed by atoms with Crippen LogP contribution in [0.3, 0.4) is 0 Å². The van der Waals surface area contributed by atoms with Gasteiger partial charge < -0.3 is 20.7 Å². The van der Waals surface area contributed by atoms with Crippen LogP contribution in [0.15, 0.2) is 47.4 Å². The molecule has 1 aliphatic heterocycles. The Morgan fingerprint density at radius 2 is 1.86 bits per heavy atom. The minimum atomic E-state index is -4.10. The zero-order chi connectivity index (χ0) is 20.7. The lowest BCUT2D eigenvalue weighted by Gasteiger charge is -2.24. The molecular formula is C18H18N2O7S. The van der Waals surface area contributed by atoms with E-state index in [-0.39, 0.29) is 28.4 Å². The number of sulfonamides is 1. The minimum Gasteiger partial charge on any atom is -0.504 e. The van der Waals surface area contributed by atoms with Gasteiger partial charge in [-0.3, -0.25) is 4.79 Å². The highest BCUT2D eigenvalue weighted by molar-refractivity contribution is 7.90. The van der Waals surface area contributed by atoms with E-state index >= 15 is 0 Å². The second-order valence-electron chi connectivity index (χ2n) is 6.63. The van der Waals surface area contributed by atoms with Crippen LogP contribution >= 0.6 is 0 Å². The van der Waals surface area contributed by atoms with E-state index in [1.54, 1.807) is 0 Å². The number of ether oxygens (including phenoxy) is 1. The van der Waals surface area contributed by atoms with Crippen molar-refractivity contribution in [3.8, 4) is 11.5 Å². The summed E-state index contributed by atoms with van der Waals surface area (Å²) >= 11 is 0. The van der Waals surface area contributed by atoms with Gasteiger partial charge in [-0.1, -0.05) is 18.2 Å². The summed E-state index contributed by atoms with van der Waals surface area (Å²) in [4.78, 5) is 24.5. The summed E-state index contributed by atoms with van der Waals surface area (Å²) in [5, 5.41) is 18.9. The van der Waals surface area contributed by atoms with Gasteiger partial charge in [0.25, 0.3) is 15.9 Å². The number of phenols is 2. The molecule has 2 aromatic carbocycles. The Hall–Kier alpha value is -3.11. The number of hydrogen-bond acceptors (Lipinski definition) is 8. The summed E-state index contributed by atoms with van der Waals surface area (Å²) in [5.74, 6) is -2.40. The molecule has 1 aliphatic rings. The van der Waals surface area contributed by atoms with Crippen molar-refractivity contribution >= 4 is 21.9 Å². The summed E-state index contributed by atoms with van der Waals surface area (Å²) < 4.78 is 30.4. The Morgan fingerprint density at radius 1 is 1.18 bits per heavy atom. The predicted molar refractivity (Wildman–Crippen MR) is 96.8 cm³/mol. The van der Waals surface area contributed by atoms with Gasteiger partial charge in [-0.05, 0) is 36.8 Å².